The molecule has 7 heteroatoms. The largest absolute Gasteiger partial charge is 0.763 e. The molecule has 142 valence electrons. The van der Waals surface area contributed by atoms with Crippen LogP contribution in [0.3, 0.4) is 0 Å². The van der Waals surface area contributed by atoms with Crippen molar-refractivity contribution >= 4 is 29.0 Å². The second kappa shape index (κ2) is 7.83. The molecule has 0 aliphatic carbocycles. The Kier molecular flexibility index (Phi) is 5.08. The number of carbonyl (C=O) groups is 1. The van der Waals surface area contributed by atoms with Crippen LogP contribution in [0.4, 0.5) is 4.39 Å². The highest BCUT2D eigenvalue weighted by atomic mass is 32.1. The number of benzene rings is 1. The molecule has 0 radical (unpaired) electrons. The molecule has 1 amide bonds. The van der Waals surface area contributed by atoms with E-state index in [9.17, 15) is 14.6 Å². The third kappa shape index (κ3) is 3.61. The zero-order valence-electron chi connectivity index (χ0n) is 15.1. The van der Waals surface area contributed by atoms with Gasteiger partial charge in [-0.25, -0.2) is 4.39 Å². The monoisotopic (exact) mass is 402 g/mol. The van der Waals surface area contributed by atoms with Crippen LogP contribution in [0.1, 0.15) is 17.5 Å². The van der Waals surface area contributed by atoms with Crippen LogP contribution in [0.2, 0.25) is 0 Å². The van der Waals surface area contributed by atoms with Crippen molar-refractivity contribution in [2.75, 3.05) is 0 Å². The lowest BCUT2D eigenvalue weighted by atomic mass is 9.82. The quantitative estimate of drug-likeness (QED) is 0.317. The minimum absolute atomic E-state index is 0.108. The fraction of sp³-hybridized carbons (Fsp3) is 0.0909. The average molecular weight is 402 g/mol. The molecule has 1 aromatic carbocycles. The van der Waals surface area contributed by atoms with Gasteiger partial charge in [0.25, 0.3) is 5.91 Å². The van der Waals surface area contributed by atoms with E-state index in [0.717, 1.165) is 11.1 Å². The van der Waals surface area contributed by atoms with Crippen LogP contribution in [0.25, 0.3) is 16.5 Å². The number of nitrogens with one attached hydrogen (secondary N) is 1. The summed E-state index contributed by atoms with van der Waals surface area (Å²) in [5, 5.41) is 12.3. The fourth-order valence-corrected chi connectivity index (χ4v) is 3.78. The topological polar surface area (TPSA) is 68.2 Å². The lowest BCUT2D eigenvalue weighted by molar-refractivity contribution is -0.711. The average Bonchev–Trinajstić information content (AvgIpc) is 2.75. The summed E-state index contributed by atoms with van der Waals surface area (Å²) < 4.78 is 15.2. The lowest BCUT2D eigenvalue weighted by Crippen LogP contribution is -2.56. The molecule has 5 nitrogen and oxygen atoms in total. The zero-order chi connectivity index (χ0) is 20.4. The van der Waals surface area contributed by atoms with Crippen LogP contribution < -0.4 is 9.88 Å². The van der Waals surface area contributed by atoms with E-state index in [2.05, 4.69) is 16.2 Å². The summed E-state index contributed by atoms with van der Waals surface area (Å²) in [4.78, 5) is 17.0. The number of hydrogen-bond donors (Lipinski definition) is 1. The second-order valence-corrected chi connectivity index (χ2v) is 7.00. The molecule has 2 atom stereocenters. The smallest absolute Gasteiger partial charge is 0.295 e. The third-order valence-electron chi connectivity index (χ3n) is 4.91. The van der Waals surface area contributed by atoms with Gasteiger partial charge >= 0.3 is 0 Å². The highest BCUT2D eigenvalue weighted by molar-refractivity contribution is 7.80. The summed E-state index contributed by atoms with van der Waals surface area (Å²) in [5.41, 5.74) is 2.90. The van der Waals surface area contributed by atoms with Crippen LogP contribution >= 0.6 is 12.2 Å². The van der Waals surface area contributed by atoms with Gasteiger partial charge in [-0.15, -0.1) is 0 Å². The Hall–Kier alpha value is -3.54. The normalized spacial score (nSPS) is 18.9. The number of rotatable bonds is 3. The molecule has 1 N–H and O–H groups in total. The van der Waals surface area contributed by atoms with Gasteiger partial charge in [-0.2, -0.15) is 4.57 Å². The highest BCUT2D eigenvalue weighted by Crippen LogP contribution is 2.35. The van der Waals surface area contributed by atoms with E-state index in [1.165, 1.54) is 12.1 Å². The first-order valence-electron chi connectivity index (χ1n) is 8.87. The minimum atomic E-state index is -0.728. The fourth-order valence-electron chi connectivity index (χ4n) is 3.51. The van der Waals surface area contributed by atoms with Gasteiger partial charge in [0.2, 0.25) is 6.04 Å². The van der Waals surface area contributed by atoms with E-state index in [4.69, 9.17) is 12.2 Å². The van der Waals surface area contributed by atoms with Crippen LogP contribution in [0, 0.1) is 5.82 Å². The summed E-state index contributed by atoms with van der Waals surface area (Å²) in [6.07, 6.45) is 7.01. The Morgan fingerprint density at radius 3 is 2.28 bits per heavy atom. The minimum Gasteiger partial charge on any atom is -0.763 e. The molecule has 29 heavy (non-hydrogen) atoms. The molecule has 0 unspecified atom stereocenters. The molecule has 1 fully saturated rings. The van der Waals surface area contributed by atoms with E-state index < -0.39 is 12.0 Å². The lowest BCUT2D eigenvalue weighted by Gasteiger charge is -2.30. The van der Waals surface area contributed by atoms with Gasteiger partial charge in [0, 0.05) is 30.1 Å². The highest BCUT2D eigenvalue weighted by Gasteiger charge is 2.44. The summed E-state index contributed by atoms with van der Waals surface area (Å²) in [7, 11) is 0. The van der Waals surface area contributed by atoms with Crippen molar-refractivity contribution in [1.82, 2.24) is 10.3 Å². The number of aromatic nitrogens is 2. The number of piperidine rings is 1. The van der Waals surface area contributed by atoms with Crippen molar-refractivity contribution < 1.29 is 13.8 Å². The maximum Gasteiger partial charge on any atom is 0.295 e. The standard InChI is InChI=1S/C22H15FN4OS/c23-17-3-1-16(2-4-17)19-18(13-24)22(29)26-21(28)20(19)27-11-7-15(8-12-27)14-5-9-25-10-6-14/h1-12,19-20H,(H,26,28,29)/t19-,20-/m0/s1. The number of amides is 1. The van der Waals surface area contributed by atoms with Gasteiger partial charge in [-0.1, -0.05) is 24.4 Å². The molecule has 4 rings (SSSR count). The molecular weight excluding hydrogens is 387 g/mol. The zero-order valence-corrected chi connectivity index (χ0v) is 15.9. The van der Waals surface area contributed by atoms with Gasteiger partial charge in [0.05, 0.1) is 5.92 Å². The van der Waals surface area contributed by atoms with Gasteiger partial charge in [0.1, 0.15) is 10.8 Å². The predicted molar refractivity (Wildman–Crippen MR) is 111 cm³/mol. The Morgan fingerprint density at radius 1 is 1.03 bits per heavy atom. The number of carbonyl (C=O) groups excluding carboxylic acids is 1. The number of pyridine rings is 2. The van der Waals surface area contributed by atoms with E-state index in [-0.39, 0.29) is 22.3 Å². The van der Waals surface area contributed by atoms with Crippen LogP contribution in [0.5, 0.6) is 0 Å². The molecule has 0 spiro atoms. The second-order valence-electron chi connectivity index (χ2n) is 6.59. The maximum absolute atomic E-state index is 13.4. The third-order valence-corrected chi connectivity index (χ3v) is 5.24. The van der Waals surface area contributed by atoms with Crippen molar-refractivity contribution in [2.45, 2.75) is 12.0 Å². The molecule has 0 bridgehead atoms. The molecule has 3 aromatic rings. The van der Waals surface area contributed by atoms with Crippen LogP contribution in [-0.4, -0.2) is 21.7 Å². The predicted octanol–water partition coefficient (Wildman–Crippen LogP) is 3.12. The van der Waals surface area contributed by atoms with Gasteiger partial charge in [-0.3, -0.25) is 15.6 Å². The first kappa shape index (κ1) is 18.8. The number of thiocarbonyl (C=S) groups is 1. The van der Waals surface area contributed by atoms with E-state index >= 15 is 0 Å². The van der Waals surface area contributed by atoms with Gasteiger partial charge in [-0.05, 0) is 41.0 Å². The summed E-state index contributed by atoms with van der Waals surface area (Å²) in [6, 6.07) is 12.6. The van der Waals surface area contributed by atoms with Crippen molar-refractivity contribution in [2.24, 2.45) is 0 Å². The Labute approximate surface area is 172 Å². The van der Waals surface area contributed by atoms with Crippen molar-refractivity contribution in [3.8, 4) is 11.1 Å². The van der Waals surface area contributed by atoms with E-state index in [1.54, 1.807) is 41.5 Å². The van der Waals surface area contributed by atoms with Crippen molar-refractivity contribution in [3.05, 3.63) is 95.7 Å². The van der Waals surface area contributed by atoms with Gasteiger partial charge < -0.3 is 10.7 Å². The SMILES string of the molecule is [N-]=C=C1C(=S)NC(=O)[C@@H]([n+]2ccc(-c3ccncc3)cc2)[C@H]1c1ccc(F)cc1. The first-order chi connectivity index (χ1) is 14.1. The van der Waals surface area contributed by atoms with Crippen molar-refractivity contribution in [3.63, 3.8) is 0 Å². The molecule has 2 aromatic heterocycles. The van der Waals surface area contributed by atoms with E-state index in [0.29, 0.717) is 5.56 Å². The van der Waals surface area contributed by atoms with E-state index in [1.807, 2.05) is 24.3 Å². The Balaban J connectivity index is 1.78. The summed E-state index contributed by atoms with van der Waals surface area (Å²) in [6.45, 7) is 0. The molecule has 1 saturated heterocycles. The van der Waals surface area contributed by atoms with Crippen LogP contribution in [-0.2, 0) is 4.79 Å². The summed E-state index contributed by atoms with van der Waals surface area (Å²) >= 11 is 5.21. The van der Waals surface area contributed by atoms with Crippen LogP contribution in [0.15, 0.2) is 78.9 Å². The number of halogens is 1. The Bertz CT molecular complexity index is 1120. The first-order valence-corrected chi connectivity index (χ1v) is 9.28. The van der Waals surface area contributed by atoms with Crippen molar-refractivity contribution in [1.29, 1.82) is 0 Å². The molecule has 0 saturated carbocycles. The molecular formula is C22H15FN4OS. The molecule has 1 aliphatic rings. The number of nitrogens with zero attached hydrogens (tertiary/aromatic N) is 3. The Morgan fingerprint density at radius 2 is 1.66 bits per heavy atom. The number of hydrogen-bond acceptors (Lipinski definition) is 3. The van der Waals surface area contributed by atoms with Gasteiger partial charge in [0.15, 0.2) is 12.4 Å². The molecule has 1 aliphatic heterocycles. The maximum atomic E-state index is 13.4. The summed E-state index contributed by atoms with van der Waals surface area (Å²) in [5.74, 6) is 0.806. The molecule has 3 heterocycles.